The summed E-state index contributed by atoms with van der Waals surface area (Å²) in [6.45, 7) is 8.31. The SMILES string of the molecule is Cc1c(NC(=O)c2ccc(C(C)(C)C)cc2)cccc1-c1cn(C)c(=O)c(Nc2ccc(C(=O)Nc3ccccc3)cc2)n1. The van der Waals surface area contributed by atoms with E-state index in [2.05, 4.69) is 41.7 Å². The van der Waals surface area contributed by atoms with Crippen LogP contribution in [-0.4, -0.2) is 21.4 Å². The number of nitrogens with one attached hydrogen (secondary N) is 3. The number of aryl methyl sites for hydroxylation is 1. The van der Waals surface area contributed by atoms with Crippen molar-refractivity contribution >= 4 is 34.7 Å². The van der Waals surface area contributed by atoms with Crippen LogP contribution in [0.2, 0.25) is 0 Å². The van der Waals surface area contributed by atoms with E-state index in [1.807, 2.05) is 79.7 Å². The van der Waals surface area contributed by atoms with Crippen molar-refractivity contribution in [2.45, 2.75) is 33.1 Å². The Hall–Kier alpha value is -5.50. The van der Waals surface area contributed by atoms with Crippen LogP contribution in [0.4, 0.5) is 22.9 Å². The molecule has 0 unspecified atom stereocenters. The molecule has 2 amide bonds. The number of nitrogens with zero attached hydrogens (tertiary/aromatic N) is 2. The Bertz CT molecular complexity index is 1870. The van der Waals surface area contributed by atoms with E-state index in [1.165, 1.54) is 4.57 Å². The van der Waals surface area contributed by atoms with Gasteiger partial charge in [0.25, 0.3) is 17.4 Å². The Morgan fingerprint density at radius 3 is 1.98 bits per heavy atom. The van der Waals surface area contributed by atoms with E-state index in [4.69, 9.17) is 0 Å². The highest BCUT2D eigenvalue weighted by Gasteiger charge is 2.17. The number of amides is 2. The highest BCUT2D eigenvalue weighted by atomic mass is 16.2. The fraction of sp³-hybridized carbons (Fsp3) is 0.167. The second-order valence-corrected chi connectivity index (χ2v) is 11.7. The van der Waals surface area contributed by atoms with Crippen LogP contribution in [0.3, 0.4) is 0 Å². The molecule has 8 heteroatoms. The van der Waals surface area contributed by atoms with Gasteiger partial charge in [0.15, 0.2) is 5.82 Å². The van der Waals surface area contributed by atoms with Gasteiger partial charge in [-0.15, -0.1) is 0 Å². The van der Waals surface area contributed by atoms with Gasteiger partial charge < -0.3 is 20.5 Å². The lowest BCUT2D eigenvalue weighted by Crippen LogP contribution is -2.21. The molecule has 0 fully saturated rings. The largest absolute Gasteiger partial charge is 0.336 e. The lowest BCUT2D eigenvalue weighted by Gasteiger charge is -2.19. The van der Waals surface area contributed by atoms with Crippen LogP contribution in [0, 0.1) is 6.92 Å². The highest BCUT2D eigenvalue weighted by molar-refractivity contribution is 6.05. The van der Waals surface area contributed by atoms with E-state index in [0.717, 1.165) is 16.7 Å². The molecule has 0 radical (unpaired) electrons. The molecule has 0 saturated carbocycles. The number of aromatic nitrogens is 2. The van der Waals surface area contributed by atoms with Gasteiger partial charge in [0, 0.05) is 47.0 Å². The fourth-order valence-electron chi connectivity index (χ4n) is 4.75. The van der Waals surface area contributed by atoms with Crippen molar-refractivity contribution in [1.82, 2.24) is 9.55 Å². The zero-order chi connectivity index (χ0) is 31.4. The summed E-state index contributed by atoms with van der Waals surface area (Å²) in [5.74, 6) is -0.301. The molecule has 3 N–H and O–H groups in total. The fourth-order valence-corrected chi connectivity index (χ4v) is 4.75. The summed E-state index contributed by atoms with van der Waals surface area (Å²) in [5.41, 5.74) is 6.03. The molecule has 5 aromatic rings. The molecule has 0 atom stereocenters. The van der Waals surface area contributed by atoms with Crippen LogP contribution >= 0.6 is 0 Å². The zero-order valence-electron chi connectivity index (χ0n) is 25.4. The van der Waals surface area contributed by atoms with Crippen LogP contribution in [0.5, 0.6) is 0 Å². The van der Waals surface area contributed by atoms with Crippen molar-refractivity contribution < 1.29 is 9.59 Å². The third kappa shape index (κ3) is 6.76. The molecule has 0 aliphatic rings. The van der Waals surface area contributed by atoms with Crippen LogP contribution in [0.15, 0.2) is 108 Å². The van der Waals surface area contributed by atoms with Crippen molar-refractivity contribution in [2.75, 3.05) is 16.0 Å². The summed E-state index contributed by atoms with van der Waals surface area (Å²) >= 11 is 0. The van der Waals surface area contributed by atoms with E-state index >= 15 is 0 Å². The van der Waals surface area contributed by atoms with E-state index in [-0.39, 0.29) is 28.6 Å². The van der Waals surface area contributed by atoms with Gasteiger partial charge in [-0.05, 0) is 78.1 Å². The van der Waals surface area contributed by atoms with Gasteiger partial charge in [0.1, 0.15) is 0 Å². The Morgan fingerprint density at radius 1 is 0.727 bits per heavy atom. The molecule has 1 aromatic heterocycles. The van der Waals surface area contributed by atoms with Gasteiger partial charge in [0.05, 0.1) is 5.69 Å². The minimum absolute atomic E-state index is 0.00108. The minimum Gasteiger partial charge on any atom is -0.336 e. The average Bonchev–Trinajstić information content (AvgIpc) is 3.01. The van der Waals surface area contributed by atoms with Crippen molar-refractivity contribution in [1.29, 1.82) is 0 Å². The minimum atomic E-state index is -0.305. The van der Waals surface area contributed by atoms with E-state index in [9.17, 15) is 14.4 Å². The molecular weight excluding hydrogens is 550 g/mol. The van der Waals surface area contributed by atoms with Gasteiger partial charge in [-0.25, -0.2) is 4.98 Å². The Labute approximate surface area is 256 Å². The number of anilines is 4. The first kappa shape index (κ1) is 30.0. The van der Waals surface area contributed by atoms with Crippen molar-refractivity contribution in [3.8, 4) is 11.3 Å². The number of para-hydroxylation sites is 1. The van der Waals surface area contributed by atoms with Gasteiger partial charge in [0.2, 0.25) is 0 Å². The summed E-state index contributed by atoms with van der Waals surface area (Å²) in [4.78, 5) is 43.3. The monoisotopic (exact) mass is 585 g/mol. The number of benzene rings is 4. The first-order valence-electron chi connectivity index (χ1n) is 14.3. The Balaban J connectivity index is 1.35. The van der Waals surface area contributed by atoms with Crippen LogP contribution in [-0.2, 0) is 12.5 Å². The standard InChI is InChI=1S/C36H35N5O3/c1-23-29(12-9-13-30(23)40-34(43)24-14-18-26(19-15-24)36(2,3)4)31-22-41(5)35(44)32(39-31)37-28-20-16-25(17-21-28)33(42)38-27-10-7-6-8-11-27/h6-22H,1-5H3,(H,37,39)(H,38,42)(H,40,43). The van der Waals surface area contributed by atoms with Gasteiger partial charge >= 0.3 is 0 Å². The maximum absolute atomic E-state index is 13.1. The summed E-state index contributed by atoms with van der Waals surface area (Å²) in [6, 6.07) is 29.3. The van der Waals surface area contributed by atoms with Crippen LogP contribution < -0.4 is 21.5 Å². The van der Waals surface area contributed by atoms with Crippen LogP contribution in [0.1, 0.15) is 52.6 Å². The van der Waals surface area contributed by atoms with Gasteiger partial charge in [-0.1, -0.05) is 63.2 Å². The number of carbonyl (C=O) groups is 2. The lowest BCUT2D eigenvalue weighted by atomic mass is 9.86. The molecule has 0 saturated heterocycles. The van der Waals surface area contributed by atoms with Crippen LogP contribution in [0.25, 0.3) is 11.3 Å². The third-order valence-electron chi connectivity index (χ3n) is 7.38. The first-order valence-corrected chi connectivity index (χ1v) is 14.3. The smallest absolute Gasteiger partial charge is 0.293 e. The van der Waals surface area contributed by atoms with Gasteiger partial charge in [-0.2, -0.15) is 0 Å². The molecule has 0 aliphatic heterocycles. The Morgan fingerprint density at radius 2 is 1.34 bits per heavy atom. The molecule has 0 aliphatic carbocycles. The molecule has 8 nitrogen and oxygen atoms in total. The molecular formula is C36H35N5O3. The maximum Gasteiger partial charge on any atom is 0.293 e. The predicted octanol–water partition coefficient (Wildman–Crippen LogP) is 7.30. The third-order valence-corrected chi connectivity index (χ3v) is 7.38. The van der Waals surface area contributed by atoms with E-state index in [1.54, 1.807) is 37.5 Å². The Kier molecular flexibility index (Phi) is 8.44. The normalized spacial score (nSPS) is 11.1. The molecule has 5 rings (SSSR count). The maximum atomic E-state index is 13.1. The summed E-state index contributed by atoms with van der Waals surface area (Å²) < 4.78 is 1.47. The van der Waals surface area contributed by atoms with Crippen molar-refractivity contribution in [3.63, 3.8) is 0 Å². The summed E-state index contributed by atoms with van der Waals surface area (Å²) in [6.07, 6.45) is 1.67. The van der Waals surface area contributed by atoms with E-state index in [0.29, 0.717) is 33.9 Å². The topological polar surface area (TPSA) is 105 Å². The number of rotatable bonds is 7. The second kappa shape index (κ2) is 12.4. The predicted molar refractivity (Wildman–Crippen MR) is 177 cm³/mol. The van der Waals surface area contributed by atoms with E-state index < -0.39 is 0 Å². The molecule has 0 spiro atoms. The molecule has 1 heterocycles. The molecule has 222 valence electrons. The quantitative estimate of drug-likeness (QED) is 0.186. The second-order valence-electron chi connectivity index (χ2n) is 11.7. The highest BCUT2D eigenvalue weighted by Crippen LogP contribution is 2.29. The molecule has 4 aromatic carbocycles. The molecule has 44 heavy (non-hydrogen) atoms. The number of carbonyl (C=O) groups excluding carboxylic acids is 2. The van der Waals surface area contributed by atoms with Gasteiger partial charge in [-0.3, -0.25) is 14.4 Å². The number of hydrogen-bond donors (Lipinski definition) is 3. The first-order chi connectivity index (χ1) is 21.0. The average molecular weight is 586 g/mol. The summed E-state index contributed by atoms with van der Waals surface area (Å²) in [5, 5.41) is 8.97. The lowest BCUT2D eigenvalue weighted by molar-refractivity contribution is 0.101. The summed E-state index contributed by atoms with van der Waals surface area (Å²) in [7, 11) is 1.66. The van der Waals surface area contributed by atoms with Crippen molar-refractivity contribution in [3.05, 3.63) is 136 Å². The zero-order valence-corrected chi connectivity index (χ0v) is 25.4. The van der Waals surface area contributed by atoms with Crippen molar-refractivity contribution in [2.24, 2.45) is 7.05 Å². The number of hydrogen-bond acceptors (Lipinski definition) is 5. The molecule has 0 bridgehead atoms.